The molecule has 0 atom stereocenters. The number of hydrogen-bond acceptors (Lipinski definition) is 4. The number of rotatable bonds is 8. The van der Waals surface area contributed by atoms with Gasteiger partial charge < -0.3 is 24.7 Å². The predicted octanol–water partition coefficient (Wildman–Crippen LogP) is 2.81. The van der Waals surface area contributed by atoms with Gasteiger partial charge in [0.05, 0.1) is 26.5 Å². The summed E-state index contributed by atoms with van der Waals surface area (Å²) in [6.07, 6.45) is 4.59. The van der Waals surface area contributed by atoms with Crippen molar-refractivity contribution in [2.75, 3.05) is 33.3 Å². The maximum atomic E-state index is 12.3. The van der Waals surface area contributed by atoms with E-state index in [4.69, 9.17) is 9.15 Å². The molecule has 0 saturated carbocycles. The van der Waals surface area contributed by atoms with Crippen LogP contribution in [-0.4, -0.2) is 50.1 Å². The number of nitrogens with one attached hydrogen (secondary N) is 2. The van der Waals surface area contributed by atoms with Gasteiger partial charge in [-0.15, -0.1) is 24.0 Å². The maximum Gasteiger partial charge on any atom is 0.241 e. The van der Waals surface area contributed by atoms with Crippen molar-refractivity contribution in [3.8, 4) is 5.75 Å². The van der Waals surface area contributed by atoms with Crippen LogP contribution in [0.5, 0.6) is 5.75 Å². The fourth-order valence-corrected chi connectivity index (χ4v) is 3.07. The Morgan fingerprint density at radius 2 is 1.93 bits per heavy atom. The van der Waals surface area contributed by atoms with Crippen LogP contribution in [0.15, 0.2) is 52.1 Å². The van der Waals surface area contributed by atoms with Gasteiger partial charge >= 0.3 is 0 Å². The SMILES string of the molecule is COc1ccc(CN=C(NCCc2ccco2)NCC(=O)N2CCCC2)cc1.I. The lowest BCUT2D eigenvalue weighted by Gasteiger charge is -2.17. The van der Waals surface area contributed by atoms with Gasteiger partial charge in [-0.25, -0.2) is 4.99 Å². The van der Waals surface area contributed by atoms with E-state index in [0.29, 0.717) is 19.0 Å². The second-order valence-corrected chi connectivity index (χ2v) is 6.71. The normalized spacial score (nSPS) is 13.7. The number of nitrogens with zero attached hydrogens (tertiary/aromatic N) is 2. The van der Waals surface area contributed by atoms with E-state index in [1.54, 1.807) is 13.4 Å². The first-order chi connectivity index (χ1) is 13.7. The summed E-state index contributed by atoms with van der Waals surface area (Å²) in [5, 5.41) is 6.44. The third kappa shape index (κ3) is 7.60. The van der Waals surface area contributed by atoms with Crippen molar-refractivity contribution in [2.45, 2.75) is 25.8 Å². The van der Waals surface area contributed by atoms with Gasteiger partial charge in [-0.3, -0.25) is 4.79 Å². The molecule has 3 rings (SSSR count). The molecular formula is C21H29IN4O3. The Morgan fingerprint density at radius 1 is 1.17 bits per heavy atom. The first-order valence-corrected chi connectivity index (χ1v) is 9.70. The number of benzene rings is 1. The van der Waals surface area contributed by atoms with E-state index >= 15 is 0 Å². The summed E-state index contributed by atoms with van der Waals surface area (Å²) in [6, 6.07) is 11.6. The molecule has 0 unspecified atom stereocenters. The highest BCUT2D eigenvalue weighted by Gasteiger charge is 2.17. The van der Waals surface area contributed by atoms with E-state index in [-0.39, 0.29) is 36.4 Å². The Balaban J connectivity index is 0.00000300. The zero-order chi connectivity index (χ0) is 19.6. The van der Waals surface area contributed by atoms with Crippen LogP contribution in [0.25, 0.3) is 0 Å². The minimum atomic E-state index is 0. The van der Waals surface area contributed by atoms with Crippen LogP contribution in [-0.2, 0) is 17.8 Å². The molecule has 2 N–H and O–H groups in total. The van der Waals surface area contributed by atoms with E-state index in [2.05, 4.69) is 15.6 Å². The van der Waals surface area contributed by atoms with Crippen LogP contribution in [0, 0.1) is 0 Å². The van der Waals surface area contributed by atoms with Crippen molar-refractivity contribution in [3.05, 3.63) is 54.0 Å². The molecule has 1 aliphatic heterocycles. The second-order valence-electron chi connectivity index (χ2n) is 6.71. The van der Waals surface area contributed by atoms with Crippen molar-refractivity contribution >= 4 is 35.8 Å². The molecule has 1 aromatic heterocycles. The Hall–Kier alpha value is -2.23. The number of carbonyl (C=O) groups excluding carboxylic acids is 1. The largest absolute Gasteiger partial charge is 0.497 e. The van der Waals surface area contributed by atoms with Crippen LogP contribution in [0.4, 0.5) is 0 Å². The lowest BCUT2D eigenvalue weighted by molar-refractivity contribution is -0.128. The summed E-state index contributed by atoms with van der Waals surface area (Å²) in [5.41, 5.74) is 1.07. The molecule has 2 aromatic rings. The van der Waals surface area contributed by atoms with E-state index in [0.717, 1.165) is 49.4 Å². The fourth-order valence-electron chi connectivity index (χ4n) is 3.07. The number of methoxy groups -OCH3 is 1. The molecule has 7 nitrogen and oxygen atoms in total. The van der Waals surface area contributed by atoms with Gasteiger partial charge in [-0.2, -0.15) is 0 Å². The summed E-state index contributed by atoms with van der Waals surface area (Å²) in [7, 11) is 1.65. The molecule has 1 fully saturated rings. The third-order valence-corrected chi connectivity index (χ3v) is 4.69. The second kappa shape index (κ2) is 12.4. The molecule has 8 heteroatoms. The highest BCUT2D eigenvalue weighted by Crippen LogP contribution is 2.12. The van der Waals surface area contributed by atoms with Crippen LogP contribution in [0.1, 0.15) is 24.2 Å². The van der Waals surface area contributed by atoms with Crippen LogP contribution in [0.3, 0.4) is 0 Å². The van der Waals surface area contributed by atoms with Crippen LogP contribution < -0.4 is 15.4 Å². The highest BCUT2D eigenvalue weighted by molar-refractivity contribution is 14.0. The average Bonchev–Trinajstić information content (AvgIpc) is 3.44. The molecule has 0 spiro atoms. The number of hydrogen-bond donors (Lipinski definition) is 2. The highest BCUT2D eigenvalue weighted by atomic mass is 127. The first-order valence-electron chi connectivity index (χ1n) is 9.70. The lowest BCUT2D eigenvalue weighted by atomic mass is 10.2. The number of carbonyl (C=O) groups is 1. The van der Waals surface area contributed by atoms with Crippen LogP contribution >= 0.6 is 24.0 Å². The van der Waals surface area contributed by atoms with Gasteiger partial charge in [0.25, 0.3) is 0 Å². The number of amides is 1. The third-order valence-electron chi connectivity index (χ3n) is 4.69. The summed E-state index contributed by atoms with van der Waals surface area (Å²) in [4.78, 5) is 18.8. The van der Waals surface area contributed by atoms with Gasteiger partial charge in [0.1, 0.15) is 11.5 Å². The van der Waals surface area contributed by atoms with E-state index in [1.165, 1.54) is 0 Å². The molecule has 1 aromatic carbocycles. The van der Waals surface area contributed by atoms with Gasteiger partial charge in [0.2, 0.25) is 5.91 Å². The minimum absolute atomic E-state index is 0. The smallest absolute Gasteiger partial charge is 0.241 e. The molecule has 29 heavy (non-hydrogen) atoms. The monoisotopic (exact) mass is 512 g/mol. The van der Waals surface area contributed by atoms with Gasteiger partial charge in [0.15, 0.2) is 5.96 Å². The van der Waals surface area contributed by atoms with Gasteiger partial charge in [-0.1, -0.05) is 12.1 Å². The van der Waals surface area contributed by atoms with Crippen molar-refractivity contribution in [3.63, 3.8) is 0 Å². The lowest BCUT2D eigenvalue weighted by Crippen LogP contribution is -2.44. The molecule has 1 saturated heterocycles. The molecule has 1 aliphatic rings. The van der Waals surface area contributed by atoms with Crippen LogP contribution in [0.2, 0.25) is 0 Å². The van der Waals surface area contributed by atoms with E-state index < -0.39 is 0 Å². The number of ether oxygens (including phenoxy) is 1. The van der Waals surface area contributed by atoms with E-state index in [9.17, 15) is 4.79 Å². The number of halogens is 1. The zero-order valence-corrected chi connectivity index (χ0v) is 19.1. The number of guanidine groups is 1. The number of aliphatic imine (C=N–C) groups is 1. The summed E-state index contributed by atoms with van der Waals surface area (Å²) < 4.78 is 10.5. The number of furan rings is 1. The molecule has 158 valence electrons. The molecule has 0 bridgehead atoms. The maximum absolute atomic E-state index is 12.3. The fraction of sp³-hybridized carbons (Fsp3) is 0.429. The molecule has 0 radical (unpaired) electrons. The van der Waals surface area contributed by atoms with Crippen molar-refractivity contribution in [2.24, 2.45) is 4.99 Å². The summed E-state index contributed by atoms with van der Waals surface area (Å²) >= 11 is 0. The Morgan fingerprint density at radius 3 is 2.59 bits per heavy atom. The van der Waals surface area contributed by atoms with Gasteiger partial charge in [0, 0.05) is 26.1 Å². The van der Waals surface area contributed by atoms with Crippen molar-refractivity contribution in [1.29, 1.82) is 0 Å². The van der Waals surface area contributed by atoms with Crippen molar-refractivity contribution in [1.82, 2.24) is 15.5 Å². The molecule has 1 amide bonds. The Bertz CT molecular complexity index is 757. The minimum Gasteiger partial charge on any atom is -0.497 e. The topological polar surface area (TPSA) is 79.1 Å². The standard InChI is InChI=1S/C21H28N4O3.HI/c1-27-18-8-6-17(7-9-18)15-23-21(22-11-10-19-5-4-14-28-19)24-16-20(26)25-12-2-3-13-25;/h4-9,14H,2-3,10-13,15-16H2,1H3,(H2,22,23,24);1H. The first kappa shape index (κ1) is 23.1. The summed E-state index contributed by atoms with van der Waals surface area (Å²) in [5.74, 6) is 2.46. The molecule has 0 aliphatic carbocycles. The zero-order valence-electron chi connectivity index (χ0n) is 16.7. The predicted molar refractivity (Wildman–Crippen MR) is 124 cm³/mol. The number of likely N-dealkylation sites (tertiary alicyclic amines) is 1. The van der Waals surface area contributed by atoms with E-state index in [1.807, 2.05) is 41.3 Å². The van der Waals surface area contributed by atoms with Crippen molar-refractivity contribution < 1.29 is 13.9 Å². The quantitative estimate of drug-likeness (QED) is 0.323. The van der Waals surface area contributed by atoms with Gasteiger partial charge in [-0.05, 0) is 42.7 Å². The molecule has 2 heterocycles. The summed E-state index contributed by atoms with van der Waals surface area (Å²) in [6.45, 7) is 3.13. The average molecular weight is 512 g/mol. The molecular weight excluding hydrogens is 483 g/mol. The Kier molecular flexibility index (Phi) is 9.82. The Labute approximate surface area is 188 Å².